The second kappa shape index (κ2) is 8.94. The summed E-state index contributed by atoms with van der Waals surface area (Å²) in [6.45, 7) is 3.64. The molecular formula is C25H23F3N2O2. The number of hydrogen-bond acceptors (Lipinski definition) is 4. The molecule has 166 valence electrons. The molecule has 4 rings (SSSR count). The van der Waals surface area contributed by atoms with E-state index in [9.17, 15) is 13.2 Å². The summed E-state index contributed by atoms with van der Waals surface area (Å²) in [6.07, 6.45) is -1.50. The van der Waals surface area contributed by atoms with Crippen molar-refractivity contribution in [2.24, 2.45) is 4.99 Å². The van der Waals surface area contributed by atoms with Crippen molar-refractivity contribution in [3.8, 4) is 17.2 Å². The lowest BCUT2D eigenvalue weighted by Gasteiger charge is -2.38. The van der Waals surface area contributed by atoms with Gasteiger partial charge in [-0.3, -0.25) is 4.99 Å². The molecule has 0 amide bonds. The van der Waals surface area contributed by atoms with E-state index >= 15 is 0 Å². The van der Waals surface area contributed by atoms with Crippen LogP contribution in [0.15, 0.2) is 65.7 Å². The second-order valence-electron chi connectivity index (χ2n) is 7.52. The maximum absolute atomic E-state index is 14.9. The summed E-state index contributed by atoms with van der Waals surface area (Å²) >= 11 is 0. The lowest BCUT2D eigenvalue weighted by molar-refractivity contribution is 0.146. The predicted molar refractivity (Wildman–Crippen MR) is 119 cm³/mol. The van der Waals surface area contributed by atoms with Gasteiger partial charge in [0.1, 0.15) is 17.7 Å². The molecule has 1 heterocycles. The number of fused-ring (bicyclic) bond motifs is 1. The summed E-state index contributed by atoms with van der Waals surface area (Å²) in [5.41, 5.74) is 1.08. The monoisotopic (exact) mass is 440 g/mol. The Hall–Kier alpha value is -3.48. The van der Waals surface area contributed by atoms with Crippen molar-refractivity contribution in [1.82, 2.24) is 0 Å². The van der Waals surface area contributed by atoms with E-state index in [0.717, 1.165) is 17.3 Å². The first kappa shape index (κ1) is 21.7. The second-order valence-corrected chi connectivity index (χ2v) is 7.52. The smallest absolute Gasteiger partial charge is 0.266 e. The summed E-state index contributed by atoms with van der Waals surface area (Å²) < 4.78 is 53.0. The average molecular weight is 440 g/mol. The van der Waals surface area contributed by atoms with Gasteiger partial charge in [-0.1, -0.05) is 36.4 Å². The van der Waals surface area contributed by atoms with E-state index in [1.807, 2.05) is 48.2 Å². The standard InChI is InChI=1S/C25H23F3N2O2/c1-15(19-10-7-11-20(24(19)26)25(27)28)30-16(2)29-14-17-12-22(31-3)23(13-21(17)30)32-18-8-5-4-6-9-18/h4-16,25H,1-3H3/t15?,16-/m0/s1. The van der Waals surface area contributed by atoms with Crippen LogP contribution in [0, 0.1) is 5.82 Å². The molecule has 0 aliphatic carbocycles. The number of nitrogens with zero attached hydrogens (tertiary/aromatic N) is 2. The number of ether oxygens (including phenoxy) is 2. The number of para-hydroxylation sites is 1. The van der Waals surface area contributed by atoms with Crippen LogP contribution < -0.4 is 14.4 Å². The lowest BCUT2D eigenvalue weighted by atomic mass is 9.99. The first-order valence-electron chi connectivity index (χ1n) is 10.2. The van der Waals surface area contributed by atoms with Crippen LogP contribution in [0.3, 0.4) is 0 Å². The fraction of sp³-hybridized carbons (Fsp3) is 0.240. The van der Waals surface area contributed by atoms with Crippen molar-refractivity contribution >= 4 is 11.9 Å². The normalized spacial score (nSPS) is 16.1. The quantitative estimate of drug-likeness (QED) is 0.418. The minimum absolute atomic E-state index is 0.180. The summed E-state index contributed by atoms with van der Waals surface area (Å²) in [6, 6.07) is 16.4. The molecule has 0 spiro atoms. The van der Waals surface area contributed by atoms with Gasteiger partial charge >= 0.3 is 0 Å². The zero-order chi connectivity index (χ0) is 22.8. The largest absolute Gasteiger partial charge is 0.493 e. The molecule has 1 aliphatic rings. The third-order valence-electron chi connectivity index (χ3n) is 5.55. The minimum atomic E-state index is -2.89. The molecule has 1 unspecified atom stereocenters. The molecule has 1 aliphatic heterocycles. The number of methoxy groups -OCH3 is 1. The van der Waals surface area contributed by atoms with Gasteiger partial charge in [0.25, 0.3) is 6.43 Å². The lowest BCUT2D eigenvalue weighted by Crippen LogP contribution is -2.37. The highest BCUT2D eigenvalue weighted by molar-refractivity contribution is 5.92. The van der Waals surface area contributed by atoms with Crippen LogP contribution in [-0.4, -0.2) is 19.5 Å². The molecule has 7 heteroatoms. The van der Waals surface area contributed by atoms with Crippen molar-refractivity contribution in [2.75, 3.05) is 12.0 Å². The van der Waals surface area contributed by atoms with Crippen molar-refractivity contribution in [3.05, 3.63) is 83.2 Å². The topological polar surface area (TPSA) is 34.1 Å². The van der Waals surface area contributed by atoms with Gasteiger partial charge in [0.05, 0.1) is 24.4 Å². The fourth-order valence-corrected chi connectivity index (χ4v) is 3.95. The van der Waals surface area contributed by atoms with Crippen LogP contribution >= 0.6 is 0 Å². The Kier molecular flexibility index (Phi) is 6.08. The summed E-state index contributed by atoms with van der Waals surface area (Å²) in [5.74, 6) is 0.747. The Morgan fingerprint density at radius 2 is 1.69 bits per heavy atom. The fourth-order valence-electron chi connectivity index (χ4n) is 3.95. The van der Waals surface area contributed by atoms with Gasteiger partial charge in [0.2, 0.25) is 0 Å². The highest BCUT2D eigenvalue weighted by Gasteiger charge is 2.30. The first-order chi connectivity index (χ1) is 15.4. The molecule has 0 fully saturated rings. The van der Waals surface area contributed by atoms with Crippen LogP contribution in [-0.2, 0) is 0 Å². The van der Waals surface area contributed by atoms with Crippen molar-refractivity contribution in [1.29, 1.82) is 0 Å². The SMILES string of the molecule is COc1cc2c(cc1Oc1ccccc1)N(C(C)c1cccc(C(F)F)c1F)[C@@H](C)N=C2. The van der Waals surface area contributed by atoms with E-state index in [1.165, 1.54) is 12.1 Å². The Morgan fingerprint density at radius 1 is 0.969 bits per heavy atom. The molecule has 0 saturated heterocycles. The zero-order valence-corrected chi connectivity index (χ0v) is 17.9. The molecular weight excluding hydrogens is 417 g/mol. The Morgan fingerprint density at radius 3 is 2.38 bits per heavy atom. The van der Waals surface area contributed by atoms with Crippen LogP contribution in [0.5, 0.6) is 17.2 Å². The molecule has 4 nitrogen and oxygen atoms in total. The zero-order valence-electron chi connectivity index (χ0n) is 17.9. The van der Waals surface area contributed by atoms with Gasteiger partial charge in [-0.05, 0) is 32.0 Å². The molecule has 0 bridgehead atoms. The molecule has 0 radical (unpaired) electrons. The van der Waals surface area contributed by atoms with E-state index < -0.39 is 23.8 Å². The number of benzene rings is 3. The maximum Gasteiger partial charge on any atom is 0.266 e. The Labute approximate surface area is 184 Å². The number of halogens is 3. The molecule has 32 heavy (non-hydrogen) atoms. The summed E-state index contributed by atoms with van der Waals surface area (Å²) in [4.78, 5) is 6.40. The van der Waals surface area contributed by atoms with Gasteiger partial charge in [-0.15, -0.1) is 0 Å². The Balaban J connectivity index is 1.78. The van der Waals surface area contributed by atoms with E-state index in [2.05, 4.69) is 4.99 Å². The molecule has 3 aromatic carbocycles. The van der Waals surface area contributed by atoms with Crippen LogP contribution in [0.2, 0.25) is 0 Å². The van der Waals surface area contributed by atoms with Crippen LogP contribution in [0.25, 0.3) is 0 Å². The molecule has 0 saturated carbocycles. The molecule has 0 aromatic heterocycles. The predicted octanol–water partition coefficient (Wildman–Crippen LogP) is 6.91. The highest BCUT2D eigenvalue weighted by Crippen LogP contribution is 2.42. The Bertz CT molecular complexity index is 1140. The summed E-state index contributed by atoms with van der Waals surface area (Å²) in [5, 5.41) is 0. The third kappa shape index (κ3) is 4.02. The number of anilines is 1. The average Bonchev–Trinajstić information content (AvgIpc) is 2.79. The minimum Gasteiger partial charge on any atom is -0.493 e. The van der Waals surface area contributed by atoms with Gasteiger partial charge in [-0.2, -0.15) is 0 Å². The van der Waals surface area contributed by atoms with E-state index in [0.29, 0.717) is 17.2 Å². The van der Waals surface area contributed by atoms with E-state index in [4.69, 9.17) is 9.47 Å². The number of alkyl halides is 2. The first-order valence-corrected chi connectivity index (χ1v) is 10.2. The summed E-state index contributed by atoms with van der Waals surface area (Å²) in [7, 11) is 1.55. The van der Waals surface area contributed by atoms with Gasteiger partial charge in [0.15, 0.2) is 11.5 Å². The molecule has 3 aromatic rings. The number of aliphatic imine (C=N–C) groups is 1. The van der Waals surface area contributed by atoms with Gasteiger partial charge < -0.3 is 14.4 Å². The van der Waals surface area contributed by atoms with Crippen LogP contribution in [0.1, 0.15) is 43.0 Å². The van der Waals surface area contributed by atoms with Gasteiger partial charge in [-0.25, -0.2) is 13.2 Å². The maximum atomic E-state index is 14.9. The molecule has 2 atom stereocenters. The van der Waals surface area contributed by atoms with Crippen molar-refractivity contribution in [2.45, 2.75) is 32.5 Å². The van der Waals surface area contributed by atoms with Crippen molar-refractivity contribution in [3.63, 3.8) is 0 Å². The van der Waals surface area contributed by atoms with Crippen molar-refractivity contribution < 1.29 is 22.6 Å². The number of hydrogen-bond donors (Lipinski definition) is 0. The number of rotatable bonds is 6. The van der Waals surface area contributed by atoms with E-state index in [1.54, 1.807) is 26.3 Å². The van der Waals surface area contributed by atoms with Gasteiger partial charge in [0, 0.05) is 23.4 Å². The van der Waals surface area contributed by atoms with Crippen LogP contribution in [0.4, 0.5) is 18.9 Å². The van der Waals surface area contributed by atoms with E-state index in [-0.39, 0.29) is 11.7 Å². The molecule has 0 N–H and O–H groups in total. The highest BCUT2D eigenvalue weighted by atomic mass is 19.3. The third-order valence-corrected chi connectivity index (χ3v) is 5.55.